The quantitative estimate of drug-likeness (QED) is 0.733. The van der Waals surface area contributed by atoms with Crippen molar-refractivity contribution in [3.63, 3.8) is 0 Å². The highest BCUT2D eigenvalue weighted by Gasteiger charge is 2.47. The Hall–Kier alpha value is -0.740. The molecule has 0 aromatic carbocycles. The zero-order chi connectivity index (χ0) is 12.6. The molecule has 0 unspecified atom stereocenters. The Morgan fingerprint density at radius 2 is 1.71 bits per heavy atom. The SMILES string of the molecule is CCN(CC(F)(F)F)C(=O)C(C1CC1)C1CC1. The molecule has 0 aliphatic heterocycles. The van der Waals surface area contributed by atoms with Crippen LogP contribution in [-0.2, 0) is 4.79 Å². The average molecular weight is 249 g/mol. The minimum Gasteiger partial charge on any atom is -0.334 e. The third-order valence-electron chi connectivity index (χ3n) is 3.61. The lowest BCUT2D eigenvalue weighted by Gasteiger charge is -2.27. The van der Waals surface area contributed by atoms with Gasteiger partial charge in [-0.3, -0.25) is 4.79 Å². The Bertz CT molecular complexity index is 283. The fourth-order valence-electron chi connectivity index (χ4n) is 2.47. The first-order valence-corrected chi connectivity index (χ1v) is 6.28. The molecule has 0 radical (unpaired) electrons. The summed E-state index contributed by atoms with van der Waals surface area (Å²) < 4.78 is 37.1. The van der Waals surface area contributed by atoms with E-state index in [4.69, 9.17) is 0 Å². The molecule has 5 heteroatoms. The van der Waals surface area contributed by atoms with Gasteiger partial charge in [-0.1, -0.05) is 0 Å². The van der Waals surface area contributed by atoms with Gasteiger partial charge in [-0.25, -0.2) is 0 Å². The molecule has 2 rings (SSSR count). The molecule has 2 nitrogen and oxygen atoms in total. The van der Waals surface area contributed by atoms with Crippen LogP contribution in [0.5, 0.6) is 0 Å². The summed E-state index contributed by atoms with van der Waals surface area (Å²) in [7, 11) is 0. The first-order valence-electron chi connectivity index (χ1n) is 6.28. The zero-order valence-electron chi connectivity index (χ0n) is 9.96. The zero-order valence-corrected chi connectivity index (χ0v) is 9.96. The van der Waals surface area contributed by atoms with Crippen LogP contribution in [0.2, 0.25) is 0 Å². The molecule has 0 spiro atoms. The third-order valence-corrected chi connectivity index (χ3v) is 3.61. The summed E-state index contributed by atoms with van der Waals surface area (Å²) in [6, 6.07) is 0. The predicted molar refractivity (Wildman–Crippen MR) is 57.2 cm³/mol. The van der Waals surface area contributed by atoms with E-state index in [-0.39, 0.29) is 18.4 Å². The summed E-state index contributed by atoms with van der Waals surface area (Å²) >= 11 is 0. The summed E-state index contributed by atoms with van der Waals surface area (Å²) in [6.07, 6.45) is -0.247. The van der Waals surface area contributed by atoms with Crippen LogP contribution in [0.3, 0.4) is 0 Å². The number of alkyl halides is 3. The number of hydrogen-bond acceptors (Lipinski definition) is 1. The number of rotatable bonds is 5. The van der Waals surface area contributed by atoms with Gasteiger partial charge in [0.25, 0.3) is 0 Å². The van der Waals surface area contributed by atoms with Crippen molar-refractivity contribution in [3.05, 3.63) is 0 Å². The minimum atomic E-state index is -4.29. The second kappa shape index (κ2) is 4.50. The molecule has 17 heavy (non-hydrogen) atoms. The largest absolute Gasteiger partial charge is 0.406 e. The van der Waals surface area contributed by atoms with Gasteiger partial charge in [0.15, 0.2) is 0 Å². The van der Waals surface area contributed by atoms with Crippen molar-refractivity contribution in [2.24, 2.45) is 17.8 Å². The Kier molecular flexibility index (Phi) is 3.36. The molecule has 0 saturated heterocycles. The van der Waals surface area contributed by atoms with Crippen molar-refractivity contribution in [3.8, 4) is 0 Å². The van der Waals surface area contributed by atoms with E-state index in [0.717, 1.165) is 30.6 Å². The van der Waals surface area contributed by atoms with Gasteiger partial charge in [0.1, 0.15) is 6.54 Å². The van der Waals surface area contributed by atoms with Gasteiger partial charge < -0.3 is 4.90 Å². The minimum absolute atomic E-state index is 0.128. The molecule has 0 heterocycles. The highest BCUT2D eigenvalue weighted by molar-refractivity contribution is 5.80. The van der Waals surface area contributed by atoms with Crippen LogP contribution >= 0.6 is 0 Å². The Balaban J connectivity index is 1.99. The highest BCUT2D eigenvalue weighted by Crippen LogP contribution is 2.50. The lowest BCUT2D eigenvalue weighted by molar-refractivity contribution is -0.164. The first-order chi connectivity index (χ1) is 7.92. The van der Waals surface area contributed by atoms with E-state index in [2.05, 4.69) is 0 Å². The molecule has 0 N–H and O–H groups in total. The lowest BCUT2D eigenvalue weighted by atomic mass is 9.96. The van der Waals surface area contributed by atoms with Gasteiger partial charge in [0.05, 0.1) is 0 Å². The number of amides is 1. The molecule has 98 valence electrons. The molecular formula is C12H18F3NO. The summed E-state index contributed by atoms with van der Waals surface area (Å²) in [5.74, 6) is 0.321. The number of nitrogens with zero attached hydrogens (tertiary/aromatic N) is 1. The van der Waals surface area contributed by atoms with E-state index in [1.165, 1.54) is 0 Å². The molecule has 2 aliphatic carbocycles. The predicted octanol–water partition coefficient (Wildman–Crippen LogP) is 2.83. The third kappa shape index (κ3) is 3.36. The van der Waals surface area contributed by atoms with Crippen LogP contribution in [-0.4, -0.2) is 30.1 Å². The molecule has 2 fully saturated rings. The van der Waals surface area contributed by atoms with Gasteiger partial charge in [-0.05, 0) is 44.4 Å². The molecule has 0 bridgehead atoms. The maximum atomic E-state index is 12.4. The van der Waals surface area contributed by atoms with Crippen molar-refractivity contribution in [1.82, 2.24) is 4.90 Å². The standard InChI is InChI=1S/C12H18F3NO/c1-2-16(7-12(13,14)15)11(17)10(8-3-4-8)9-5-6-9/h8-10H,2-7H2,1H3. The van der Waals surface area contributed by atoms with Crippen molar-refractivity contribution >= 4 is 5.91 Å². The topological polar surface area (TPSA) is 20.3 Å². The Morgan fingerprint density at radius 1 is 1.24 bits per heavy atom. The summed E-state index contributed by atoms with van der Waals surface area (Å²) in [5.41, 5.74) is 0. The molecule has 2 saturated carbocycles. The summed E-state index contributed by atoms with van der Waals surface area (Å²) in [5, 5.41) is 0. The van der Waals surface area contributed by atoms with Crippen LogP contribution in [0.25, 0.3) is 0 Å². The molecule has 0 aromatic heterocycles. The Morgan fingerprint density at radius 3 is 2.00 bits per heavy atom. The van der Waals surface area contributed by atoms with E-state index in [1.54, 1.807) is 6.92 Å². The molecule has 0 atom stereocenters. The van der Waals surface area contributed by atoms with Crippen LogP contribution in [0, 0.1) is 17.8 Å². The molecule has 1 amide bonds. The molecule has 2 aliphatic rings. The maximum absolute atomic E-state index is 12.4. The fraction of sp³-hybridized carbons (Fsp3) is 0.917. The van der Waals surface area contributed by atoms with Gasteiger partial charge in [-0.15, -0.1) is 0 Å². The Labute approximate surface area is 99.2 Å². The van der Waals surface area contributed by atoms with Crippen LogP contribution < -0.4 is 0 Å². The van der Waals surface area contributed by atoms with E-state index in [1.807, 2.05) is 0 Å². The number of carbonyl (C=O) groups is 1. The van der Waals surface area contributed by atoms with Crippen LogP contribution in [0.15, 0.2) is 0 Å². The van der Waals surface area contributed by atoms with Gasteiger partial charge in [0.2, 0.25) is 5.91 Å². The average Bonchev–Trinajstić information content (AvgIpc) is 3.05. The van der Waals surface area contributed by atoms with Crippen LogP contribution in [0.1, 0.15) is 32.6 Å². The van der Waals surface area contributed by atoms with E-state index < -0.39 is 12.7 Å². The fourth-order valence-corrected chi connectivity index (χ4v) is 2.47. The maximum Gasteiger partial charge on any atom is 0.406 e. The second-order valence-electron chi connectivity index (χ2n) is 5.17. The lowest BCUT2D eigenvalue weighted by Crippen LogP contribution is -2.43. The van der Waals surface area contributed by atoms with E-state index in [9.17, 15) is 18.0 Å². The van der Waals surface area contributed by atoms with Crippen molar-refractivity contribution < 1.29 is 18.0 Å². The smallest absolute Gasteiger partial charge is 0.334 e. The number of hydrogen-bond donors (Lipinski definition) is 0. The normalized spacial score (nSPS) is 20.8. The molecular weight excluding hydrogens is 231 g/mol. The number of carbonyl (C=O) groups excluding carboxylic acids is 1. The van der Waals surface area contributed by atoms with Crippen LogP contribution in [0.4, 0.5) is 13.2 Å². The second-order valence-corrected chi connectivity index (χ2v) is 5.17. The van der Waals surface area contributed by atoms with Gasteiger partial charge in [0, 0.05) is 12.5 Å². The van der Waals surface area contributed by atoms with Gasteiger partial charge in [-0.2, -0.15) is 13.2 Å². The van der Waals surface area contributed by atoms with Crippen molar-refractivity contribution in [1.29, 1.82) is 0 Å². The summed E-state index contributed by atoms with van der Waals surface area (Å²) in [6.45, 7) is 0.660. The van der Waals surface area contributed by atoms with E-state index in [0.29, 0.717) is 11.8 Å². The number of halogens is 3. The van der Waals surface area contributed by atoms with Crippen molar-refractivity contribution in [2.75, 3.05) is 13.1 Å². The monoisotopic (exact) mass is 249 g/mol. The highest BCUT2D eigenvalue weighted by atomic mass is 19.4. The van der Waals surface area contributed by atoms with Gasteiger partial charge >= 0.3 is 6.18 Å². The first kappa shape index (κ1) is 12.7. The summed E-state index contributed by atoms with van der Waals surface area (Å²) in [4.78, 5) is 13.1. The van der Waals surface area contributed by atoms with Crippen molar-refractivity contribution in [2.45, 2.75) is 38.8 Å². The van der Waals surface area contributed by atoms with E-state index >= 15 is 0 Å². The molecule has 0 aromatic rings.